The zero-order valence-corrected chi connectivity index (χ0v) is 11.3. The number of rotatable bonds is 2. The van der Waals surface area contributed by atoms with E-state index < -0.39 is 0 Å². The first-order valence-corrected chi connectivity index (χ1v) is 7.02. The molecule has 0 saturated carbocycles. The Morgan fingerprint density at radius 3 is 2.17 bits per heavy atom. The summed E-state index contributed by atoms with van der Waals surface area (Å²) in [4.78, 5) is 0. The first kappa shape index (κ1) is 11.5. The summed E-state index contributed by atoms with van der Waals surface area (Å²) < 4.78 is 0. The number of aryl methyl sites for hydroxylation is 1. The summed E-state index contributed by atoms with van der Waals surface area (Å²) in [5, 5.41) is 0. The molecule has 0 saturated heterocycles. The van der Waals surface area contributed by atoms with Gasteiger partial charge in [0.15, 0.2) is 0 Å². The van der Waals surface area contributed by atoms with E-state index >= 15 is 0 Å². The van der Waals surface area contributed by atoms with Crippen LogP contribution in [0.25, 0.3) is 0 Å². The summed E-state index contributed by atoms with van der Waals surface area (Å²) >= 11 is 0. The van der Waals surface area contributed by atoms with Crippen molar-refractivity contribution >= 4 is 0 Å². The molecule has 0 nitrogen and oxygen atoms in total. The first-order valence-electron chi connectivity index (χ1n) is 7.02. The topological polar surface area (TPSA) is 0 Å². The van der Waals surface area contributed by atoms with E-state index in [2.05, 4.69) is 50.2 Å². The Balaban J connectivity index is 2.13. The average molecular weight is 236 g/mol. The molecule has 0 aliphatic heterocycles. The summed E-state index contributed by atoms with van der Waals surface area (Å²) in [5.41, 5.74) is 9.32. The van der Waals surface area contributed by atoms with Gasteiger partial charge in [0.1, 0.15) is 0 Å². The Morgan fingerprint density at radius 2 is 1.50 bits per heavy atom. The van der Waals surface area contributed by atoms with Crippen LogP contribution < -0.4 is 0 Å². The molecule has 1 aliphatic carbocycles. The quantitative estimate of drug-likeness (QED) is 0.622. The second-order valence-electron chi connectivity index (χ2n) is 5.17. The van der Waals surface area contributed by atoms with Gasteiger partial charge in [-0.3, -0.25) is 0 Å². The van der Waals surface area contributed by atoms with Gasteiger partial charge >= 0.3 is 0 Å². The van der Waals surface area contributed by atoms with Gasteiger partial charge in [-0.2, -0.15) is 0 Å². The fraction of sp³-hybridized carbons (Fsp3) is 0.333. The van der Waals surface area contributed by atoms with E-state index in [0.29, 0.717) is 0 Å². The van der Waals surface area contributed by atoms with Crippen LogP contribution in [0.5, 0.6) is 0 Å². The first-order chi connectivity index (χ1) is 8.83. The number of fused-ring (bicyclic) bond motifs is 2. The fourth-order valence-corrected chi connectivity index (χ4v) is 3.25. The molecular formula is C18H20. The Labute approximate surface area is 110 Å². The van der Waals surface area contributed by atoms with Gasteiger partial charge in [0.2, 0.25) is 0 Å². The van der Waals surface area contributed by atoms with Gasteiger partial charge in [-0.25, -0.2) is 0 Å². The van der Waals surface area contributed by atoms with Crippen molar-refractivity contribution < 1.29 is 0 Å². The van der Waals surface area contributed by atoms with Crippen LogP contribution in [0.4, 0.5) is 0 Å². The Bertz CT molecular complexity index is 579. The second kappa shape index (κ2) is 4.61. The third-order valence-corrected chi connectivity index (χ3v) is 4.23. The molecule has 0 fully saturated rings. The van der Waals surface area contributed by atoms with Crippen molar-refractivity contribution in [2.24, 2.45) is 0 Å². The van der Waals surface area contributed by atoms with Crippen LogP contribution in [0.3, 0.4) is 0 Å². The van der Waals surface area contributed by atoms with E-state index in [9.17, 15) is 0 Å². The molecule has 0 N–H and O–H groups in total. The van der Waals surface area contributed by atoms with Crippen molar-refractivity contribution in [3.63, 3.8) is 0 Å². The molecule has 0 spiro atoms. The molecule has 0 amide bonds. The van der Waals surface area contributed by atoms with Crippen LogP contribution in [0.1, 0.15) is 47.2 Å². The van der Waals surface area contributed by atoms with E-state index in [0.717, 1.165) is 25.7 Å². The van der Waals surface area contributed by atoms with Crippen LogP contribution in [0.15, 0.2) is 36.4 Å². The van der Waals surface area contributed by atoms with Crippen LogP contribution >= 0.6 is 0 Å². The predicted molar refractivity (Wildman–Crippen MR) is 77.3 cm³/mol. The summed E-state index contributed by atoms with van der Waals surface area (Å²) in [6.45, 7) is 4.55. The van der Waals surface area contributed by atoms with Gasteiger partial charge in [0.25, 0.3) is 0 Å². The van der Waals surface area contributed by atoms with Crippen LogP contribution in [-0.2, 0) is 25.7 Å². The zero-order chi connectivity index (χ0) is 12.5. The van der Waals surface area contributed by atoms with Gasteiger partial charge in [0.05, 0.1) is 0 Å². The maximum Gasteiger partial charge on any atom is -0.00172 e. The molecule has 0 unspecified atom stereocenters. The largest absolute Gasteiger partial charge is 0.0620 e. The van der Waals surface area contributed by atoms with Gasteiger partial charge in [-0.1, -0.05) is 50.2 Å². The van der Waals surface area contributed by atoms with Crippen molar-refractivity contribution in [1.82, 2.24) is 0 Å². The zero-order valence-electron chi connectivity index (χ0n) is 11.3. The number of hydrogen-bond acceptors (Lipinski definition) is 0. The van der Waals surface area contributed by atoms with Crippen molar-refractivity contribution in [3.05, 3.63) is 69.8 Å². The van der Waals surface area contributed by atoms with Gasteiger partial charge < -0.3 is 0 Å². The minimum Gasteiger partial charge on any atom is -0.0620 e. The minimum absolute atomic E-state index is 1.11. The molecule has 0 heterocycles. The highest BCUT2D eigenvalue weighted by Crippen LogP contribution is 2.31. The second-order valence-corrected chi connectivity index (χ2v) is 5.17. The van der Waals surface area contributed by atoms with E-state index in [1.165, 1.54) is 16.7 Å². The maximum absolute atomic E-state index is 2.35. The fourth-order valence-electron chi connectivity index (χ4n) is 3.25. The maximum atomic E-state index is 2.35. The van der Waals surface area contributed by atoms with Crippen LogP contribution in [0, 0.1) is 0 Å². The Morgan fingerprint density at radius 1 is 0.778 bits per heavy atom. The van der Waals surface area contributed by atoms with E-state index in [1.807, 2.05) is 0 Å². The lowest BCUT2D eigenvalue weighted by Crippen LogP contribution is -2.11. The van der Waals surface area contributed by atoms with E-state index in [-0.39, 0.29) is 0 Å². The summed E-state index contributed by atoms with van der Waals surface area (Å²) in [6, 6.07) is 13.6. The lowest BCUT2D eigenvalue weighted by atomic mass is 9.81. The predicted octanol–water partition coefficient (Wildman–Crippen LogP) is 4.31. The average Bonchev–Trinajstić information content (AvgIpc) is 2.43. The summed E-state index contributed by atoms with van der Waals surface area (Å²) in [6.07, 6.45) is 4.55. The molecule has 0 aromatic heterocycles. The third kappa shape index (κ3) is 1.77. The molecular weight excluding hydrogens is 216 g/mol. The van der Waals surface area contributed by atoms with E-state index in [1.54, 1.807) is 16.7 Å². The molecule has 0 atom stereocenters. The molecule has 3 rings (SSSR count). The minimum atomic E-state index is 1.11. The number of benzene rings is 2. The van der Waals surface area contributed by atoms with Crippen LogP contribution in [-0.4, -0.2) is 0 Å². The van der Waals surface area contributed by atoms with Crippen molar-refractivity contribution in [2.75, 3.05) is 0 Å². The molecule has 18 heavy (non-hydrogen) atoms. The van der Waals surface area contributed by atoms with Crippen LogP contribution in [0.2, 0.25) is 0 Å². The van der Waals surface area contributed by atoms with Gasteiger partial charge in [-0.15, -0.1) is 0 Å². The lowest BCUT2D eigenvalue weighted by molar-refractivity contribution is 0.931. The van der Waals surface area contributed by atoms with Crippen molar-refractivity contribution in [3.8, 4) is 0 Å². The normalized spacial score (nSPS) is 13.0. The van der Waals surface area contributed by atoms with Crippen molar-refractivity contribution in [2.45, 2.75) is 39.5 Å². The molecule has 0 heteroatoms. The molecule has 0 radical (unpaired) electrons. The lowest BCUT2D eigenvalue weighted by Gasteiger charge is -2.24. The van der Waals surface area contributed by atoms with Crippen molar-refractivity contribution in [1.29, 1.82) is 0 Å². The smallest absolute Gasteiger partial charge is 0.00172 e. The highest BCUT2D eigenvalue weighted by Gasteiger charge is 2.18. The third-order valence-electron chi connectivity index (χ3n) is 4.23. The van der Waals surface area contributed by atoms with Gasteiger partial charge in [0, 0.05) is 0 Å². The highest BCUT2D eigenvalue weighted by atomic mass is 14.2. The Kier molecular flexibility index (Phi) is 2.95. The van der Waals surface area contributed by atoms with E-state index in [4.69, 9.17) is 0 Å². The molecule has 92 valence electrons. The summed E-state index contributed by atoms with van der Waals surface area (Å²) in [5.74, 6) is 0. The standard InChI is InChI=1S/C18H20/c1-3-13-9-10-16-11-14-7-5-6-8-15(14)12-18(16)17(13)4-2/h5-10H,3-4,11-12H2,1-2H3. The molecule has 2 aromatic carbocycles. The molecule has 0 bridgehead atoms. The SMILES string of the molecule is CCc1ccc2c(c1CC)Cc1ccccc1C2. The molecule has 1 aliphatic rings. The number of hydrogen-bond donors (Lipinski definition) is 0. The monoisotopic (exact) mass is 236 g/mol. The molecule has 2 aromatic rings. The van der Waals surface area contributed by atoms with Gasteiger partial charge in [-0.05, 0) is 59.1 Å². The highest BCUT2D eigenvalue weighted by molar-refractivity contribution is 5.50. The summed E-state index contributed by atoms with van der Waals surface area (Å²) in [7, 11) is 0. The Hall–Kier alpha value is -1.56.